The fourth-order valence-electron chi connectivity index (χ4n) is 2.29. The van der Waals surface area contributed by atoms with Crippen molar-refractivity contribution in [3.05, 3.63) is 33.9 Å². The molecule has 6 nitrogen and oxygen atoms in total. The van der Waals surface area contributed by atoms with Crippen molar-refractivity contribution in [2.24, 2.45) is 5.92 Å². The molecule has 102 valence electrons. The van der Waals surface area contributed by atoms with Gasteiger partial charge in [0.15, 0.2) is 0 Å². The molecule has 0 heterocycles. The lowest BCUT2D eigenvalue weighted by Crippen LogP contribution is -2.34. The van der Waals surface area contributed by atoms with Gasteiger partial charge in [0.25, 0.3) is 5.91 Å². The number of carbonyl (C=O) groups excluding carboxylic acids is 1. The summed E-state index contributed by atoms with van der Waals surface area (Å²) >= 11 is 0. The van der Waals surface area contributed by atoms with Gasteiger partial charge in [0.05, 0.1) is 4.92 Å². The Morgan fingerprint density at radius 3 is 2.74 bits per heavy atom. The largest absolute Gasteiger partial charge is 0.393 e. The number of amides is 1. The van der Waals surface area contributed by atoms with Gasteiger partial charge in [0.2, 0.25) is 0 Å². The lowest BCUT2D eigenvalue weighted by Gasteiger charge is -2.30. The second-order valence-electron chi connectivity index (χ2n) is 4.98. The van der Waals surface area contributed by atoms with Gasteiger partial charge in [-0.05, 0) is 30.9 Å². The number of hydrogen-bond donors (Lipinski definition) is 1. The van der Waals surface area contributed by atoms with Crippen LogP contribution in [0.4, 0.5) is 11.4 Å². The maximum Gasteiger partial charge on any atom is 0.304 e. The van der Waals surface area contributed by atoms with Crippen LogP contribution in [-0.4, -0.2) is 29.3 Å². The second-order valence-corrected chi connectivity index (χ2v) is 4.98. The van der Waals surface area contributed by atoms with E-state index in [1.54, 1.807) is 18.0 Å². The molecule has 1 saturated carbocycles. The first-order chi connectivity index (χ1) is 9.00. The Morgan fingerprint density at radius 1 is 1.53 bits per heavy atom. The maximum atomic E-state index is 12.3. The number of nitrogens with zero attached hydrogens (tertiary/aromatic N) is 2. The highest BCUT2D eigenvalue weighted by molar-refractivity contribution is 6.00. The lowest BCUT2D eigenvalue weighted by molar-refractivity contribution is -0.384. The highest BCUT2D eigenvalue weighted by Gasteiger charge is 2.27. The van der Waals surface area contributed by atoms with Gasteiger partial charge in [-0.2, -0.15) is 0 Å². The molecule has 2 rings (SSSR count). The maximum absolute atomic E-state index is 12.3. The van der Waals surface area contributed by atoms with E-state index in [-0.39, 0.29) is 22.8 Å². The Labute approximate surface area is 111 Å². The number of hydrogen-bond acceptors (Lipinski definition) is 4. The Kier molecular flexibility index (Phi) is 3.69. The summed E-state index contributed by atoms with van der Waals surface area (Å²) < 4.78 is 0. The standard InChI is InChI=1S/C13H17N3O3/c1-15(8-9-4-2-5-9)13(17)10-6-3-7-11(14)12(10)16(18)19/h3,6-7,9H,2,4-5,8,14H2,1H3. The molecule has 19 heavy (non-hydrogen) atoms. The molecular formula is C13H17N3O3. The predicted octanol–water partition coefficient (Wildman–Crippen LogP) is 2.05. The number of rotatable bonds is 4. The molecule has 1 fully saturated rings. The van der Waals surface area contributed by atoms with Crippen molar-refractivity contribution >= 4 is 17.3 Å². The monoisotopic (exact) mass is 263 g/mol. The van der Waals surface area contributed by atoms with Gasteiger partial charge in [0.1, 0.15) is 11.3 Å². The third-order valence-corrected chi connectivity index (χ3v) is 3.58. The molecule has 0 spiro atoms. The molecule has 0 radical (unpaired) electrons. The third kappa shape index (κ3) is 2.67. The Balaban J connectivity index is 2.22. The number of nitro groups is 1. The van der Waals surface area contributed by atoms with Gasteiger partial charge < -0.3 is 10.6 Å². The normalized spacial score (nSPS) is 14.8. The molecule has 1 amide bonds. The summed E-state index contributed by atoms with van der Waals surface area (Å²) in [5.74, 6) is 0.181. The van der Waals surface area contributed by atoms with Crippen LogP contribution in [0.2, 0.25) is 0 Å². The second kappa shape index (κ2) is 5.26. The molecule has 0 atom stereocenters. The molecule has 1 aromatic rings. The highest BCUT2D eigenvalue weighted by Crippen LogP contribution is 2.29. The molecule has 1 aliphatic rings. The molecule has 6 heteroatoms. The number of nitro benzene ring substituents is 1. The van der Waals surface area contributed by atoms with Crippen molar-refractivity contribution in [3.8, 4) is 0 Å². The zero-order valence-corrected chi connectivity index (χ0v) is 10.8. The Bertz CT molecular complexity index is 512. The van der Waals surface area contributed by atoms with Crippen LogP contribution < -0.4 is 5.73 Å². The van der Waals surface area contributed by atoms with E-state index in [0.29, 0.717) is 12.5 Å². The van der Waals surface area contributed by atoms with Crippen LogP contribution in [-0.2, 0) is 0 Å². The number of carbonyl (C=O) groups is 1. The minimum Gasteiger partial charge on any atom is -0.393 e. The number of nitrogens with two attached hydrogens (primary N) is 1. The zero-order chi connectivity index (χ0) is 14.0. The summed E-state index contributed by atoms with van der Waals surface area (Å²) in [7, 11) is 1.67. The smallest absolute Gasteiger partial charge is 0.304 e. The summed E-state index contributed by atoms with van der Waals surface area (Å²) in [6, 6.07) is 4.45. The van der Waals surface area contributed by atoms with E-state index in [0.717, 1.165) is 12.8 Å². The van der Waals surface area contributed by atoms with Crippen LogP contribution in [0.1, 0.15) is 29.6 Å². The molecule has 0 saturated heterocycles. The number of para-hydroxylation sites is 1. The summed E-state index contributed by atoms with van der Waals surface area (Å²) in [5.41, 5.74) is 5.37. The predicted molar refractivity (Wildman–Crippen MR) is 71.8 cm³/mol. The average Bonchev–Trinajstić information content (AvgIpc) is 2.31. The first-order valence-corrected chi connectivity index (χ1v) is 6.29. The molecule has 0 aliphatic heterocycles. The Hall–Kier alpha value is -2.11. The van der Waals surface area contributed by atoms with Crippen molar-refractivity contribution in [1.29, 1.82) is 0 Å². The van der Waals surface area contributed by atoms with Crippen molar-refractivity contribution in [2.45, 2.75) is 19.3 Å². The molecule has 2 N–H and O–H groups in total. The van der Waals surface area contributed by atoms with E-state index in [1.807, 2.05) is 0 Å². The van der Waals surface area contributed by atoms with Crippen molar-refractivity contribution in [3.63, 3.8) is 0 Å². The first-order valence-electron chi connectivity index (χ1n) is 6.29. The summed E-state index contributed by atoms with van der Waals surface area (Å²) in [4.78, 5) is 24.2. The highest BCUT2D eigenvalue weighted by atomic mass is 16.6. The quantitative estimate of drug-likeness (QED) is 0.511. The average molecular weight is 263 g/mol. The SMILES string of the molecule is CN(CC1CCC1)C(=O)c1cccc(N)c1[N+](=O)[O-]. The van der Waals surface area contributed by atoms with Gasteiger partial charge in [-0.1, -0.05) is 12.5 Å². The van der Waals surface area contributed by atoms with Gasteiger partial charge >= 0.3 is 5.69 Å². The van der Waals surface area contributed by atoms with Gasteiger partial charge in [0, 0.05) is 13.6 Å². The number of anilines is 1. The fraction of sp³-hybridized carbons (Fsp3) is 0.462. The van der Waals surface area contributed by atoms with Crippen LogP contribution >= 0.6 is 0 Å². The minimum atomic E-state index is -0.597. The molecule has 0 bridgehead atoms. The van der Waals surface area contributed by atoms with Crippen LogP contribution in [0.15, 0.2) is 18.2 Å². The van der Waals surface area contributed by atoms with Gasteiger partial charge in [-0.15, -0.1) is 0 Å². The summed E-state index contributed by atoms with van der Waals surface area (Å²) in [5, 5.41) is 11.0. The fourth-order valence-corrected chi connectivity index (χ4v) is 2.29. The van der Waals surface area contributed by atoms with Gasteiger partial charge in [-0.25, -0.2) is 0 Å². The van der Waals surface area contributed by atoms with E-state index >= 15 is 0 Å². The summed E-state index contributed by atoms with van der Waals surface area (Å²) in [6.07, 6.45) is 3.44. The molecular weight excluding hydrogens is 246 g/mol. The third-order valence-electron chi connectivity index (χ3n) is 3.58. The van der Waals surface area contributed by atoms with E-state index in [1.165, 1.54) is 18.6 Å². The lowest BCUT2D eigenvalue weighted by atomic mass is 9.85. The summed E-state index contributed by atoms with van der Waals surface area (Å²) in [6.45, 7) is 0.644. The van der Waals surface area contributed by atoms with E-state index in [9.17, 15) is 14.9 Å². The number of benzene rings is 1. The molecule has 0 unspecified atom stereocenters. The van der Waals surface area contributed by atoms with Crippen molar-refractivity contribution < 1.29 is 9.72 Å². The van der Waals surface area contributed by atoms with E-state index in [4.69, 9.17) is 5.73 Å². The van der Waals surface area contributed by atoms with Crippen LogP contribution in [0.25, 0.3) is 0 Å². The molecule has 1 aromatic carbocycles. The van der Waals surface area contributed by atoms with E-state index in [2.05, 4.69) is 0 Å². The minimum absolute atomic E-state index is 0.0212. The van der Waals surface area contributed by atoms with Crippen LogP contribution in [0.3, 0.4) is 0 Å². The number of nitrogen functional groups attached to an aromatic ring is 1. The van der Waals surface area contributed by atoms with Crippen molar-refractivity contribution in [1.82, 2.24) is 4.90 Å². The van der Waals surface area contributed by atoms with E-state index < -0.39 is 4.92 Å². The van der Waals surface area contributed by atoms with Crippen LogP contribution in [0.5, 0.6) is 0 Å². The zero-order valence-electron chi connectivity index (χ0n) is 10.8. The molecule has 1 aliphatic carbocycles. The molecule has 0 aromatic heterocycles. The van der Waals surface area contributed by atoms with Crippen LogP contribution in [0, 0.1) is 16.0 Å². The topological polar surface area (TPSA) is 89.5 Å². The first kappa shape index (κ1) is 13.3. The van der Waals surface area contributed by atoms with Crippen molar-refractivity contribution in [2.75, 3.05) is 19.3 Å². The Morgan fingerprint density at radius 2 is 2.21 bits per heavy atom. The van der Waals surface area contributed by atoms with Gasteiger partial charge in [-0.3, -0.25) is 14.9 Å².